The number of hydrogen-bond donors (Lipinski definition) is 1. The van der Waals surface area contributed by atoms with Crippen molar-refractivity contribution in [1.82, 2.24) is 9.62 Å². The summed E-state index contributed by atoms with van der Waals surface area (Å²) in [6.07, 6.45) is -0.794. The summed E-state index contributed by atoms with van der Waals surface area (Å²) in [5.74, 6) is -0.404. The number of carbonyl (C=O) groups excluding carboxylic acids is 1. The van der Waals surface area contributed by atoms with Gasteiger partial charge in [-0.05, 0) is 33.3 Å². The van der Waals surface area contributed by atoms with Gasteiger partial charge in [0.2, 0.25) is 16.0 Å². The zero-order chi connectivity index (χ0) is 19.8. The number of amides is 1. The first-order chi connectivity index (χ1) is 11.9. The Labute approximate surface area is 153 Å². The van der Waals surface area contributed by atoms with Gasteiger partial charge in [-0.25, -0.2) is 27.4 Å². The Morgan fingerprint density at radius 2 is 2.08 bits per heavy atom. The van der Waals surface area contributed by atoms with E-state index in [-0.39, 0.29) is 11.7 Å². The second kappa shape index (κ2) is 6.61. The third kappa shape index (κ3) is 4.32. The fraction of sp³-hybridized carbons (Fsp3) is 0.471. The molecule has 1 aromatic carbocycles. The van der Waals surface area contributed by atoms with Gasteiger partial charge < -0.3 is 4.74 Å². The minimum atomic E-state index is -3.72. The lowest BCUT2D eigenvalue weighted by atomic mass is 9.94. The lowest BCUT2D eigenvalue weighted by Crippen LogP contribution is -2.54. The van der Waals surface area contributed by atoms with Crippen LogP contribution >= 0.6 is 0 Å². The molecule has 2 rings (SSSR count). The first kappa shape index (κ1) is 19.7. The maximum absolute atomic E-state index is 12.6. The van der Waals surface area contributed by atoms with Crippen molar-refractivity contribution in [2.75, 3.05) is 12.8 Å². The molecule has 1 aliphatic heterocycles. The standard InChI is InChI=1S/C17H22N4O4S/c1-16(2,3)25-15(22)19-14-20-17(4,11-26(23,24)21(14)6)12-8-7-9-13(10-12)18-5/h7-10H,11H2,1-4,6H3,(H,19,20,22)/t17-/m0/s1. The van der Waals surface area contributed by atoms with Crippen LogP contribution in [-0.4, -0.2) is 43.2 Å². The summed E-state index contributed by atoms with van der Waals surface area (Å²) >= 11 is 0. The summed E-state index contributed by atoms with van der Waals surface area (Å²) in [5, 5.41) is 2.41. The Hall–Kier alpha value is -2.60. The van der Waals surface area contributed by atoms with Gasteiger partial charge in [0.05, 0.1) is 12.3 Å². The average molecular weight is 378 g/mol. The Kier molecular flexibility index (Phi) is 5.01. The molecule has 1 heterocycles. The van der Waals surface area contributed by atoms with Gasteiger partial charge in [-0.2, -0.15) is 0 Å². The Morgan fingerprint density at radius 1 is 1.42 bits per heavy atom. The van der Waals surface area contributed by atoms with E-state index < -0.39 is 27.3 Å². The zero-order valence-electron chi connectivity index (χ0n) is 15.4. The maximum Gasteiger partial charge on any atom is 0.414 e. The van der Waals surface area contributed by atoms with E-state index in [1.54, 1.807) is 52.0 Å². The quantitative estimate of drug-likeness (QED) is 0.760. The molecule has 1 amide bonds. The number of alkyl carbamates (subject to hydrolysis) is 1. The molecule has 0 unspecified atom stereocenters. The fourth-order valence-electron chi connectivity index (χ4n) is 2.48. The molecule has 0 bridgehead atoms. The topological polar surface area (TPSA) is 92.4 Å². The zero-order valence-corrected chi connectivity index (χ0v) is 16.2. The van der Waals surface area contributed by atoms with Crippen molar-refractivity contribution in [3.8, 4) is 0 Å². The van der Waals surface area contributed by atoms with Crippen LogP contribution in [-0.2, 0) is 20.3 Å². The second-order valence-electron chi connectivity index (χ2n) is 7.22. The lowest BCUT2D eigenvalue weighted by Gasteiger charge is -2.36. The smallest absolute Gasteiger partial charge is 0.414 e. The number of carbonyl (C=O) groups is 1. The van der Waals surface area contributed by atoms with E-state index in [0.29, 0.717) is 11.3 Å². The van der Waals surface area contributed by atoms with Crippen molar-refractivity contribution in [1.29, 1.82) is 0 Å². The molecule has 0 spiro atoms. The number of ether oxygens (including phenoxy) is 1. The molecule has 0 aliphatic carbocycles. The summed E-state index contributed by atoms with van der Waals surface area (Å²) < 4.78 is 31.3. The van der Waals surface area contributed by atoms with E-state index in [2.05, 4.69) is 15.2 Å². The first-order valence-electron chi connectivity index (χ1n) is 7.91. The molecule has 0 saturated heterocycles. The third-order valence-electron chi connectivity index (χ3n) is 3.74. The van der Waals surface area contributed by atoms with Crippen molar-refractivity contribution in [3.05, 3.63) is 41.2 Å². The van der Waals surface area contributed by atoms with Gasteiger partial charge in [0.15, 0.2) is 5.69 Å². The molecule has 0 radical (unpaired) electrons. The van der Waals surface area contributed by atoms with Crippen molar-refractivity contribution in [2.24, 2.45) is 4.99 Å². The summed E-state index contributed by atoms with van der Waals surface area (Å²) in [5.41, 5.74) is -0.913. The van der Waals surface area contributed by atoms with Crippen LogP contribution in [0.4, 0.5) is 10.5 Å². The van der Waals surface area contributed by atoms with Crippen molar-refractivity contribution >= 4 is 27.8 Å². The van der Waals surface area contributed by atoms with Crippen LogP contribution in [0.3, 0.4) is 0 Å². The van der Waals surface area contributed by atoms with Crippen LogP contribution in [0.25, 0.3) is 4.85 Å². The van der Waals surface area contributed by atoms with E-state index in [9.17, 15) is 13.2 Å². The Morgan fingerprint density at radius 3 is 2.65 bits per heavy atom. The van der Waals surface area contributed by atoms with E-state index in [1.165, 1.54) is 7.05 Å². The van der Waals surface area contributed by atoms with Crippen molar-refractivity contribution < 1.29 is 17.9 Å². The number of benzene rings is 1. The highest BCUT2D eigenvalue weighted by Crippen LogP contribution is 2.33. The summed E-state index contributed by atoms with van der Waals surface area (Å²) in [4.78, 5) is 19.9. The molecular formula is C17H22N4O4S. The van der Waals surface area contributed by atoms with Gasteiger partial charge >= 0.3 is 6.09 Å². The normalized spacial score (nSPS) is 22.2. The van der Waals surface area contributed by atoms with E-state index >= 15 is 0 Å². The van der Waals surface area contributed by atoms with Crippen molar-refractivity contribution in [2.45, 2.75) is 38.8 Å². The molecule has 140 valence electrons. The van der Waals surface area contributed by atoms with E-state index in [0.717, 1.165) is 4.31 Å². The molecule has 1 aromatic rings. The SMILES string of the molecule is [C-]#[N+]c1cccc([C@]2(C)CS(=O)(=O)N(C)C(NC(=O)OC(C)(C)C)=N2)c1. The molecule has 0 saturated carbocycles. The maximum atomic E-state index is 12.6. The van der Waals surface area contributed by atoms with Crippen molar-refractivity contribution in [3.63, 3.8) is 0 Å². The first-order valence-corrected chi connectivity index (χ1v) is 9.52. The molecule has 26 heavy (non-hydrogen) atoms. The summed E-state index contributed by atoms with van der Waals surface area (Å²) in [6.45, 7) is 13.9. The van der Waals surface area contributed by atoms with Gasteiger partial charge in [0.1, 0.15) is 11.1 Å². The van der Waals surface area contributed by atoms with Crippen LogP contribution in [0.1, 0.15) is 33.3 Å². The highest BCUT2D eigenvalue weighted by Gasteiger charge is 2.41. The molecule has 1 atom stereocenters. The largest absolute Gasteiger partial charge is 0.444 e. The predicted molar refractivity (Wildman–Crippen MR) is 98.4 cm³/mol. The minimum Gasteiger partial charge on any atom is -0.444 e. The van der Waals surface area contributed by atoms with Gasteiger partial charge in [0, 0.05) is 7.05 Å². The van der Waals surface area contributed by atoms with Gasteiger partial charge in [-0.15, -0.1) is 0 Å². The Balaban J connectivity index is 2.45. The van der Waals surface area contributed by atoms with E-state index in [1.807, 2.05) is 0 Å². The number of guanidine groups is 1. The summed E-state index contributed by atoms with van der Waals surface area (Å²) in [6, 6.07) is 6.62. The van der Waals surface area contributed by atoms with Gasteiger partial charge in [-0.1, -0.05) is 24.3 Å². The number of hydrogen-bond acceptors (Lipinski definition) is 5. The molecule has 8 nitrogen and oxygen atoms in total. The van der Waals surface area contributed by atoms with Gasteiger partial charge in [0.25, 0.3) is 0 Å². The monoisotopic (exact) mass is 378 g/mol. The molecule has 0 fully saturated rings. The van der Waals surface area contributed by atoms with Crippen LogP contribution in [0, 0.1) is 6.57 Å². The number of nitrogens with zero attached hydrogens (tertiary/aromatic N) is 3. The molecule has 0 aromatic heterocycles. The van der Waals surface area contributed by atoms with Crippen LogP contribution in [0.2, 0.25) is 0 Å². The van der Waals surface area contributed by atoms with Crippen LogP contribution < -0.4 is 5.32 Å². The third-order valence-corrected chi connectivity index (χ3v) is 5.68. The number of nitrogens with one attached hydrogen (secondary N) is 1. The molecule has 1 aliphatic rings. The Bertz CT molecular complexity index is 896. The molecular weight excluding hydrogens is 356 g/mol. The number of rotatable bonds is 1. The van der Waals surface area contributed by atoms with Gasteiger partial charge in [-0.3, -0.25) is 5.32 Å². The highest BCUT2D eigenvalue weighted by atomic mass is 32.2. The fourth-order valence-corrected chi connectivity index (χ4v) is 3.97. The average Bonchev–Trinajstić information content (AvgIpc) is 2.50. The van der Waals surface area contributed by atoms with E-state index in [4.69, 9.17) is 11.3 Å². The lowest BCUT2D eigenvalue weighted by molar-refractivity contribution is 0.0559. The minimum absolute atomic E-state index is 0.124. The number of aliphatic imine (C=N–C) groups is 1. The second-order valence-corrected chi connectivity index (χ2v) is 9.22. The highest BCUT2D eigenvalue weighted by molar-refractivity contribution is 7.89. The van der Waals surface area contributed by atoms with Crippen LogP contribution in [0.5, 0.6) is 0 Å². The predicted octanol–water partition coefficient (Wildman–Crippen LogP) is 2.61. The molecule has 9 heteroatoms. The number of sulfonamides is 1. The summed E-state index contributed by atoms with van der Waals surface area (Å²) in [7, 11) is -2.40. The molecule has 1 N–H and O–H groups in total. The van der Waals surface area contributed by atoms with Crippen LogP contribution in [0.15, 0.2) is 29.3 Å².